The van der Waals surface area contributed by atoms with Gasteiger partial charge in [0.2, 0.25) is 0 Å². The van der Waals surface area contributed by atoms with E-state index in [1.807, 2.05) is 0 Å². The molecule has 0 fully saturated rings. The fourth-order valence-electron chi connectivity index (χ4n) is 1.32. The lowest BCUT2D eigenvalue weighted by molar-refractivity contribution is 0.102. The van der Waals surface area contributed by atoms with E-state index in [1.165, 1.54) is 23.5 Å². The summed E-state index contributed by atoms with van der Waals surface area (Å²) in [6, 6.07) is 6.25. The second-order valence-electron chi connectivity index (χ2n) is 3.23. The maximum absolute atomic E-state index is 11.9. The average Bonchev–Trinajstić information content (AvgIpc) is 2.81. The van der Waals surface area contributed by atoms with E-state index in [4.69, 9.17) is 14.7 Å². The zero-order valence-corrected chi connectivity index (χ0v) is 9.92. The Morgan fingerprint density at radius 1 is 1.39 bits per heavy atom. The molecule has 1 aromatic heterocycles. The highest BCUT2D eigenvalue weighted by molar-refractivity contribution is 7.13. The molecule has 2 aromatic rings. The van der Waals surface area contributed by atoms with Crippen LogP contribution in [0.25, 0.3) is 0 Å². The fraction of sp³-hybridized carbons (Fsp3) is 0. The van der Waals surface area contributed by atoms with Gasteiger partial charge in [-0.1, -0.05) is 12.1 Å². The summed E-state index contributed by atoms with van der Waals surface area (Å²) in [5, 5.41) is 22.3. The van der Waals surface area contributed by atoms with Crippen molar-refractivity contribution in [3.05, 3.63) is 41.4 Å². The summed E-state index contributed by atoms with van der Waals surface area (Å²) in [5.74, 6) is -0.345. The second kappa shape index (κ2) is 5.63. The fourth-order valence-corrected chi connectivity index (χ4v) is 1.84. The molecule has 18 heavy (non-hydrogen) atoms. The number of nitrogens with zero attached hydrogens (tertiary/aromatic N) is 1. The van der Waals surface area contributed by atoms with E-state index in [0.29, 0.717) is 5.13 Å². The van der Waals surface area contributed by atoms with Crippen LogP contribution < -0.4 is 9.97 Å². The van der Waals surface area contributed by atoms with Gasteiger partial charge in [-0.05, 0) is 12.1 Å². The first kappa shape index (κ1) is 12.6. The van der Waals surface area contributed by atoms with Gasteiger partial charge in [0.25, 0.3) is 5.91 Å². The zero-order valence-electron chi connectivity index (χ0n) is 9.11. The Morgan fingerprint density at radius 2 is 2.17 bits per heavy atom. The maximum atomic E-state index is 11.9. The van der Waals surface area contributed by atoms with Gasteiger partial charge in [0.05, 0.1) is 5.56 Å². The topological polar surface area (TPSA) is 91.7 Å². The standard InChI is InChI=1S/C10H9BN2O4S/c14-9(13-10-12-5-6-18-10)7-3-1-2-4-8(7)17-11(15)16/h1-6,15-16H,(H,12,13,14). The molecule has 0 aliphatic heterocycles. The van der Waals surface area contributed by atoms with Crippen LogP contribution in [0.3, 0.4) is 0 Å². The van der Waals surface area contributed by atoms with E-state index in [0.717, 1.165) is 0 Å². The van der Waals surface area contributed by atoms with Crippen LogP contribution in [0.1, 0.15) is 10.4 Å². The molecule has 2 rings (SSSR count). The van der Waals surface area contributed by atoms with Crippen molar-refractivity contribution in [2.24, 2.45) is 0 Å². The highest BCUT2D eigenvalue weighted by Gasteiger charge is 2.18. The van der Waals surface area contributed by atoms with Gasteiger partial charge in [-0.3, -0.25) is 10.1 Å². The van der Waals surface area contributed by atoms with Gasteiger partial charge < -0.3 is 14.7 Å². The quantitative estimate of drug-likeness (QED) is 0.708. The van der Waals surface area contributed by atoms with Crippen molar-refractivity contribution in [2.45, 2.75) is 0 Å². The lowest BCUT2D eigenvalue weighted by Gasteiger charge is -2.09. The van der Waals surface area contributed by atoms with Crippen LogP contribution in [0.5, 0.6) is 5.75 Å². The lowest BCUT2D eigenvalue weighted by Crippen LogP contribution is -2.23. The first-order chi connectivity index (χ1) is 8.66. The summed E-state index contributed by atoms with van der Waals surface area (Å²) in [4.78, 5) is 15.8. The van der Waals surface area contributed by atoms with Crippen molar-refractivity contribution in [1.29, 1.82) is 0 Å². The van der Waals surface area contributed by atoms with Gasteiger partial charge in [-0.15, -0.1) is 11.3 Å². The van der Waals surface area contributed by atoms with Crippen LogP contribution in [0.4, 0.5) is 5.13 Å². The highest BCUT2D eigenvalue weighted by Crippen LogP contribution is 2.20. The summed E-state index contributed by atoms with van der Waals surface area (Å²) in [6.07, 6.45) is 1.57. The Morgan fingerprint density at radius 3 is 2.83 bits per heavy atom. The third-order valence-corrected chi connectivity index (χ3v) is 2.71. The summed E-state index contributed by atoms with van der Waals surface area (Å²) >= 11 is 1.28. The predicted molar refractivity (Wildman–Crippen MR) is 67.3 cm³/mol. The third kappa shape index (κ3) is 3.07. The first-order valence-electron chi connectivity index (χ1n) is 4.99. The van der Waals surface area contributed by atoms with E-state index < -0.39 is 13.2 Å². The first-order valence-corrected chi connectivity index (χ1v) is 5.87. The molecule has 0 aliphatic rings. The SMILES string of the molecule is O=C(Nc1nccs1)c1ccccc1OB(O)O. The zero-order chi connectivity index (χ0) is 13.0. The molecule has 0 radical (unpaired) electrons. The number of nitrogens with one attached hydrogen (secondary N) is 1. The molecule has 1 heterocycles. The minimum atomic E-state index is -1.97. The number of hydrogen-bond acceptors (Lipinski definition) is 6. The molecule has 8 heteroatoms. The van der Waals surface area contributed by atoms with E-state index >= 15 is 0 Å². The summed E-state index contributed by atoms with van der Waals surface area (Å²) in [7, 11) is -1.97. The number of amides is 1. The summed E-state index contributed by atoms with van der Waals surface area (Å²) < 4.78 is 4.72. The van der Waals surface area contributed by atoms with Gasteiger partial charge >= 0.3 is 7.32 Å². The van der Waals surface area contributed by atoms with E-state index in [-0.39, 0.29) is 11.3 Å². The van der Waals surface area contributed by atoms with Crippen LogP contribution in [-0.2, 0) is 0 Å². The third-order valence-electron chi connectivity index (χ3n) is 2.02. The Bertz CT molecular complexity index is 532. The molecular formula is C10H9BN2O4S. The number of carbonyl (C=O) groups is 1. The van der Waals surface area contributed by atoms with Crippen molar-refractivity contribution in [3.8, 4) is 5.75 Å². The monoisotopic (exact) mass is 264 g/mol. The molecule has 92 valence electrons. The number of hydrogen-bond donors (Lipinski definition) is 3. The molecular weight excluding hydrogens is 255 g/mol. The molecule has 3 N–H and O–H groups in total. The molecule has 0 spiro atoms. The van der Waals surface area contributed by atoms with Crippen molar-refractivity contribution in [3.63, 3.8) is 0 Å². The Labute approximate surface area is 107 Å². The van der Waals surface area contributed by atoms with Crippen LogP contribution >= 0.6 is 11.3 Å². The minimum Gasteiger partial charge on any atom is -0.511 e. The molecule has 6 nitrogen and oxygen atoms in total. The number of rotatable bonds is 4. The second-order valence-corrected chi connectivity index (χ2v) is 4.13. The number of para-hydroxylation sites is 1. The molecule has 0 unspecified atom stereocenters. The lowest BCUT2D eigenvalue weighted by atomic mass is 10.1. The van der Waals surface area contributed by atoms with Crippen LogP contribution in [0.15, 0.2) is 35.8 Å². The predicted octanol–water partition coefficient (Wildman–Crippen LogP) is 0.744. The molecule has 0 saturated carbocycles. The number of benzene rings is 1. The van der Waals surface area contributed by atoms with Gasteiger partial charge in [0.15, 0.2) is 5.13 Å². The summed E-state index contributed by atoms with van der Waals surface area (Å²) in [5.41, 5.74) is 0.195. The van der Waals surface area contributed by atoms with Gasteiger partial charge in [-0.2, -0.15) is 0 Å². The number of carbonyl (C=O) groups excluding carboxylic acids is 1. The van der Waals surface area contributed by atoms with E-state index in [1.54, 1.807) is 23.7 Å². The van der Waals surface area contributed by atoms with Crippen LogP contribution in [0.2, 0.25) is 0 Å². The van der Waals surface area contributed by atoms with Gasteiger partial charge in [0.1, 0.15) is 5.75 Å². The Kier molecular flexibility index (Phi) is 3.93. The van der Waals surface area contributed by atoms with Crippen LogP contribution in [0, 0.1) is 0 Å². The highest BCUT2D eigenvalue weighted by atomic mass is 32.1. The van der Waals surface area contributed by atoms with Crippen molar-refractivity contribution in [2.75, 3.05) is 5.32 Å². The van der Waals surface area contributed by atoms with E-state index in [2.05, 4.69) is 10.3 Å². The average molecular weight is 264 g/mol. The van der Waals surface area contributed by atoms with Crippen molar-refractivity contribution in [1.82, 2.24) is 4.98 Å². The number of aromatic nitrogens is 1. The Balaban J connectivity index is 2.19. The molecule has 0 aliphatic carbocycles. The van der Waals surface area contributed by atoms with Gasteiger partial charge in [-0.25, -0.2) is 4.98 Å². The van der Waals surface area contributed by atoms with Crippen molar-refractivity contribution >= 4 is 29.7 Å². The molecule has 0 saturated heterocycles. The Hall–Kier alpha value is -1.90. The minimum absolute atomic E-state index is 0.0848. The normalized spacial score (nSPS) is 9.89. The maximum Gasteiger partial charge on any atom is 0.707 e. The smallest absolute Gasteiger partial charge is 0.511 e. The number of thiazole rings is 1. The van der Waals surface area contributed by atoms with Crippen LogP contribution in [-0.4, -0.2) is 28.3 Å². The summed E-state index contributed by atoms with van der Waals surface area (Å²) in [6.45, 7) is 0. The van der Waals surface area contributed by atoms with E-state index in [9.17, 15) is 4.79 Å². The van der Waals surface area contributed by atoms with Gasteiger partial charge in [0, 0.05) is 11.6 Å². The largest absolute Gasteiger partial charge is 0.707 e. The molecule has 1 amide bonds. The molecule has 0 atom stereocenters. The number of anilines is 1. The molecule has 0 bridgehead atoms. The van der Waals surface area contributed by atoms with Crippen molar-refractivity contribution < 1.29 is 19.5 Å². The molecule has 1 aromatic carbocycles.